The molecule has 0 spiro atoms. The molecule has 82 valence electrons. The summed E-state index contributed by atoms with van der Waals surface area (Å²) < 4.78 is 1.48. The highest BCUT2D eigenvalue weighted by molar-refractivity contribution is 9.11. The molecule has 0 aromatic carbocycles. The molecule has 0 bridgehead atoms. The largest absolute Gasteiger partial charge is 0.368 e. The molecule has 6 nitrogen and oxygen atoms in total. The number of nitrogen functional groups attached to an aromatic ring is 2. The summed E-state index contributed by atoms with van der Waals surface area (Å²) >= 11 is 6.72. The van der Waals surface area contributed by atoms with Crippen LogP contribution in [0.15, 0.2) is 21.3 Å². The quantitative estimate of drug-likeness (QED) is 0.813. The first-order valence-electron chi connectivity index (χ1n) is 4.14. The van der Waals surface area contributed by atoms with E-state index in [1.165, 1.54) is 0 Å². The molecule has 8 heteroatoms. The average Bonchev–Trinajstić information content (AvgIpc) is 2.15. The van der Waals surface area contributed by atoms with Gasteiger partial charge >= 0.3 is 0 Å². The Hall–Kier alpha value is -1.28. The van der Waals surface area contributed by atoms with Crippen LogP contribution in [-0.2, 0) is 0 Å². The van der Waals surface area contributed by atoms with Gasteiger partial charge in [-0.1, -0.05) is 0 Å². The summed E-state index contributed by atoms with van der Waals surface area (Å²) in [5.41, 5.74) is 11.7. The molecule has 0 saturated carbocycles. The van der Waals surface area contributed by atoms with Crippen LogP contribution in [0.3, 0.4) is 0 Å². The number of nitrogens with two attached hydrogens (primary N) is 2. The Morgan fingerprint density at radius 1 is 0.875 bits per heavy atom. The summed E-state index contributed by atoms with van der Waals surface area (Å²) in [4.78, 5) is 15.7. The summed E-state index contributed by atoms with van der Waals surface area (Å²) in [6, 6.07) is 0. The number of hydrogen-bond acceptors (Lipinski definition) is 6. The maximum absolute atomic E-state index is 5.51. The highest BCUT2D eigenvalue weighted by Gasteiger charge is 2.12. The number of nitrogens with zero attached hydrogens (tertiary/aromatic N) is 4. The maximum atomic E-state index is 5.51. The molecule has 0 saturated heterocycles. The minimum Gasteiger partial charge on any atom is -0.368 e. The average molecular weight is 346 g/mol. The Morgan fingerprint density at radius 3 is 1.88 bits per heavy atom. The lowest BCUT2D eigenvalue weighted by Gasteiger charge is -2.05. The van der Waals surface area contributed by atoms with Crippen molar-refractivity contribution < 1.29 is 0 Å². The van der Waals surface area contributed by atoms with E-state index in [0.717, 1.165) is 14.5 Å². The predicted octanol–water partition coefficient (Wildman–Crippen LogP) is 1.62. The molecule has 0 radical (unpaired) electrons. The summed E-state index contributed by atoms with van der Waals surface area (Å²) in [5, 5.41) is 0. The Morgan fingerprint density at radius 2 is 1.38 bits per heavy atom. The molecule has 0 amide bonds. The van der Waals surface area contributed by atoms with Gasteiger partial charge in [0, 0.05) is 21.3 Å². The topological polar surface area (TPSA) is 104 Å². The lowest BCUT2D eigenvalue weighted by molar-refractivity contribution is 1.08. The summed E-state index contributed by atoms with van der Waals surface area (Å²) in [5.74, 6) is 0.558. The lowest BCUT2D eigenvalue weighted by Crippen LogP contribution is -2.04. The number of aromatic nitrogens is 4. The van der Waals surface area contributed by atoms with E-state index >= 15 is 0 Å². The first-order chi connectivity index (χ1) is 7.58. The fourth-order valence-electron chi connectivity index (χ4n) is 1.15. The minimum atomic E-state index is 0.0816. The number of anilines is 2. The Bertz CT molecular complexity index is 504. The third-order valence-corrected chi connectivity index (χ3v) is 2.95. The van der Waals surface area contributed by atoms with Crippen LogP contribution >= 0.6 is 31.9 Å². The molecule has 0 aliphatic heterocycles. The molecule has 2 aromatic heterocycles. The van der Waals surface area contributed by atoms with Crippen molar-refractivity contribution in [3.63, 3.8) is 0 Å². The van der Waals surface area contributed by atoms with E-state index in [1.54, 1.807) is 12.4 Å². The van der Waals surface area contributed by atoms with Crippen molar-refractivity contribution in [2.75, 3.05) is 11.5 Å². The third-order valence-electron chi connectivity index (χ3n) is 1.75. The van der Waals surface area contributed by atoms with Crippen molar-refractivity contribution in [1.29, 1.82) is 0 Å². The molecule has 2 heterocycles. The van der Waals surface area contributed by atoms with E-state index in [1.807, 2.05) is 0 Å². The van der Waals surface area contributed by atoms with Gasteiger partial charge in [-0.25, -0.2) is 0 Å². The van der Waals surface area contributed by atoms with E-state index in [-0.39, 0.29) is 11.9 Å². The summed E-state index contributed by atoms with van der Waals surface area (Å²) in [6.07, 6.45) is 3.27. The third kappa shape index (κ3) is 2.12. The Labute approximate surface area is 108 Å². The Balaban J connectivity index is 2.67. The fraction of sp³-hybridized carbons (Fsp3) is 0. The van der Waals surface area contributed by atoms with E-state index < -0.39 is 0 Å². The van der Waals surface area contributed by atoms with Crippen molar-refractivity contribution in [2.24, 2.45) is 0 Å². The summed E-state index contributed by atoms with van der Waals surface area (Å²) in [6.45, 7) is 0. The second-order valence-electron chi connectivity index (χ2n) is 2.85. The van der Waals surface area contributed by atoms with Gasteiger partial charge in [0.15, 0.2) is 5.82 Å². The van der Waals surface area contributed by atoms with Crippen molar-refractivity contribution in [1.82, 2.24) is 19.9 Å². The monoisotopic (exact) mass is 344 g/mol. The lowest BCUT2D eigenvalue weighted by atomic mass is 10.2. The highest BCUT2D eigenvalue weighted by atomic mass is 79.9. The number of halogens is 2. The van der Waals surface area contributed by atoms with Gasteiger partial charge < -0.3 is 11.5 Å². The van der Waals surface area contributed by atoms with Gasteiger partial charge in [0.05, 0.1) is 5.56 Å². The molecular formula is C8H6Br2N6. The van der Waals surface area contributed by atoms with Crippen LogP contribution in [0.2, 0.25) is 0 Å². The molecule has 16 heavy (non-hydrogen) atoms. The molecule has 0 fully saturated rings. The van der Waals surface area contributed by atoms with Crippen LogP contribution < -0.4 is 11.5 Å². The zero-order chi connectivity index (χ0) is 11.7. The van der Waals surface area contributed by atoms with E-state index in [4.69, 9.17) is 11.5 Å². The second-order valence-corrected chi connectivity index (χ2v) is 4.56. The highest BCUT2D eigenvalue weighted by Crippen LogP contribution is 2.32. The molecule has 2 aromatic rings. The molecule has 0 aliphatic carbocycles. The first-order valence-corrected chi connectivity index (χ1v) is 5.73. The van der Waals surface area contributed by atoms with Crippen molar-refractivity contribution in [3.8, 4) is 11.4 Å². The molecule has 0 aliphatic rings. The molecule has 0 atom stereocenters. The molecular weight excluding hydrogens is 340 g/mol. The van der Waals surface area contributed by atoms with E-state index in [9.17, 15) is 0 Å². The molecule has 2 rings (SSSR count). The van der Waals surface area contributed by atoms with Crippen molar-refractivity contribution in [3.05, 3.63) is 21.3 Å². The number of hydrogen-bond donors (Lipinski definition) is 2. The SMILES string of the molecule is Nc1nc(N)nc(-c2c(Br)cncc2Br)n1. The van der Waals surface area contributed by atoms with Gasteiger partial charge in [-0.05, 0) is 31.9 Å². The van der Waals surface area contributed by atoms with Crippen LogP contribution in [-0.4, -0.2) is 19.9 Å². The van der Waals surface area contributed by atoms with Crippen LogP contribution in [0.25, 0.3) is 11.4 Å². The van der Waals surface area contributed by atoms with E-state index in [2.05, 4.69) is 51.8 Å². The fourth-order valence-corrected chi connectivity index (χ4v) is 2.43. The van der Waals surface area contributed by atoms with Gasteiger partial charge in [0.25, 0.3) is 0 Å². The van der Waals surface area contributed by atoms with Crippen molar-refractivity contribution >= 4 is 43.8 Å². The standard InChI is InChI=1S/C8H6Br2N6/c9-3-1-13-2-4(10)5(3)6-14-7(11)16-8(12)15-6/h1-2H,(H4,11,12,14,15,16). The Kier molecular flexibility index (Phi) is 3.01. The normalized spacial score (nSPS) is 10.4. The minimum absolute atomic E-state index is 0.0816. The van der Waals surface area contributed by atoms with Crippen LogP contribution in [0, 0.1) is 0 Å². The van der Waals surface area contributed by atoms with Crippen LogP contribution in [0.5, 0.6) is 0 Å². The van der Waals surface area contributed by atoms with Gasteiger partial charge in [0.2, 0.25) is 11.9 Å². The smallest absolute Gasteiger partial charge is 0.225 e. The zero-order valence-electron chi connectivity index (χ0n) is 7.85. The zero-order valence-corrected chi connectivity index (χ0v) is 11.0. The van der Waals surface area contributed by atoms with Crippen LogP contribution in [0.1, 0.15) is 0 Å². The number of rotatable bonds is 1. The second kappa shape index (κ2) is 4.30. The van der Waals surface area contributed by atoms with Crippen LogP contribution in [0.4, 0.5) is 11.9 Å². The number of pyridine rings is 1. The van der Waals surface area contributed by atoms with Gasteiger partial charge in [-0.15, -0.1) is 0 Å². The van der Waals surface area contributed by atoms with E-state index in [0.29, 0.717) is 5.82 Å². The first kappa shape index (κ1) is 11.2. The van der Waals surface area contributed by atoms with Crippen molar-refractivity contribution in [2.45, 2.75) is 0 Å². The predicted molar refractivity (Wildman–Crippen MR) is 67.3 cm³/mol. The van der Waals surface area contributed by atoms with Gasteiger partial charge in [0.1, 0.15) is 0 Å². The maximum Gasteiger partial charge on any atom is 0.225 e. The molecule has 0 unspecified atom stereocenters. The molecule has 4 N–H and O–H groups in total. The van der Waals surface area contributed by atoms with Gasteiger partial charge in [-0.2, -0.15) is 15.0 Å². The van der Waals surface area contributed by atoms with Gasteiger partial charge in [-0.3, -0.25) is 4.98 Å². The summed E-state index contributed by atoms with van der Waals surface area (Å²) in [7, 11) is 0.